The molecule has 2 atom stereocenters. The Kier molecular flexibility index (Phi) is 4.27. The Labute approximate surface area is 104 Å². The van der Waals surface area contributed by atoms with Gasteiger partial charge in [-0.05, 0) is 19.8 Å². The molecule has 18 heavy (non-hydrogen) atoms. The number of hydrogen-bond acceptors (Lipinski definition) is 6. The SMILES string of the molecule is CCOCCc1noc(C2CCC(C(=O)O)O2)n1. The van der Waals surface area contributed by atoms with Gasteiger partial charge in [0.1, 0.15) is 6.10 Å². The Balaban J connectivity index is 1.88. The van der Waals surface area contributed by atoms with Gasteiger partial charge in [-0.25, -0.2) is 4.79 Å². The van der Waals surface area contributed by atoms with Gasteiger partial charge in [0.2, 0.25) is 0 Å². The zero-order valence-corrected chi connectivity index (χ0v) is 10.2. The van der Waals surface area contributed by atoms with Crippen LogP contribution < -0.4 is 0 Å². The summed E-state index contributed by atoms with van der Waals surface area (Å²) in [5.74, 6) is -0.0420. The molecule has 0 amide bonds. The largest absolute Gasteiger partial charge is 0.479 e. The van der Waals surface area contributed by atoms with E-state index in [-0.39, 0.29) is 0 Å². The molecule has 1 saturated heterocycles. The second kappa shape index (κ2) is 5.92. The molecule has 2 unspecified atom stereocenters. The highest BCUT2D eigenvalue weighted by Crippen LogP contribution is 2.31. The normalized spacial score (nSPS) is 23.4. The maximum Gasteiger partial charge on any atom is 0.332 e. The third-order valence-electron chi connectivity index (χ3n) is 2.73. The van der Waals surface area contributed by atoms with Crippen molar-refractivity contribution in [3.05, 3.63) is 11.7 Å². The molecule has 7 nitrogen and oxygen atoms in total. The lowest BCUT2D eigenvalue weighted by atomic mass is 10.2. The first-order valence-corrected chi connectivity index (χ1v) is 5.99. The summed E-state index contributed by atoms with van der Waals surface area (Å²) in [6.45, 7) is 3.11. The first kappa shape index (κ1) is 13.0. The fraction of sp³-hybridized carbons (Fsp3) is 0.727. The lowest BCUT2D eigenvalue weighted by molar-refractivity contribution is -0.150. The number of ether oxygens (including phenoxy) is 2. The number of hydrogen-bond donors (Lipinski definition) is 1. The molecule has 1 aliphatic rings. The fourth-order valence-corrected chi connectivity index (χ4v) is 1.81. The number of carboxylic acid groups (broad SMARTS) is 1. The number of rotatable bonds is 6. The molecule has 1 aromatic rings. The van der Waals surface area contributed by atoms with Gasteiger partial charge in [0.05, 0.1) is 6.61 Å². The minimum absolute atomic E-state index is 0.352. The van der Waals surface area contributed by atoms with E-state index >= 15 is 0 Å². The Hall–Kier alpha value is -1.47. The van der Waals surface area contributed by atoms with E-state index < -0.39 is 18.2 Å². The molecule has 0 spiro atoms. The molecule has 1 fully saturated rings. The number of aliphatic carboxylic acids is 1. The zero-order chi connectivity index (χ0) is 13.0. The highest BCUT2D eigenvalue weighted by Gasteiger charge is 2.34. The Morgan fingerprint density at radius 3 is 3.06 bits per heavy atom. The van der Waals surface area contributed by atoms with Gasteiger partial charge >= 0.3 is 5.97 Å². The molecular formula is C11H16N2O5. The van der Waals surface area contributed by atoms with Crippen LogP contribution >= 0.6 is 0 Å². The van der Waals surface area contributed by atoms with Crippen LogP contribution in [-0.2, 0) is 20.7 Å². The van der Waals surface area contributed by atoms with Crippen LogP contribution in [0.3, 0.4) is 0 Å². The maximum absolute atomic E-state index is 10.7. The predicted octanol–water partition coefficient (Wildman–Crippen LogP) is 0.953. The topological polar surface area (TPSA) is 94.7 Å². The van der Waals surface area contributed by atoms with Gasteiger partial charge in [-0.15, -0.1) is 0 Å². The Morgan fingerprint density at radius 1 is 1.56 bits per heavy atom. The summed E-state index contributed by atoms with van der Waals surface area (Å²) in [6, 6.07) is 0. The van der Waals surface area contributed by atoms with Crippen LogP contribution in [-0.4, -0.2) is 40.5 Å². The Morgan fingerprint density at radius 2 is 2.39 bits per heavy atom. The van der Waals surface area contributed by atoms with Crippen molar-refractivity contribution in [3.8, 4) is 0 Å². The van der Waals surface area contributed by atoms with E-state index in [1.807, 2.05) is 6.92 Å². The summed E-state index contributed by atoms with van der Waals surface area (Å²) in [7, 11) is 0. The van der Waals surface area contributed by atoms with Crippen molar-refractivity contribution in [1.29, 1.82) is 0 Å². The van der Waals surface area contributed by atoms with Crippen molar-refractivity contribution in [3.63, 3.8) is 0 Å². The van der Waals surface area contributed by atoms with E-state index in [0.717, 1.165) is 0 Å². The van der Waals surface area contributed by atoms with Gasteiger partial charge < -0.3 is 19.1 Å². The number of nitrogens with zero attached hydrogens (tertiary/aromatic N) is 2. The predicted molar refractivity (Wildman–Crippen MR) is 59.0 cm³/mol. The summed E-state index contributed by atoms with van der Waals surface area (Å²) < 4.78 is 15.6. The fourth-order valence-electron chi connectivity index (χ4n) is 1.81. The maximum atomic E-state index is 10.7. The van der Waals surface area contributed by atoms with Crippen LogP contribution in [0.25, 0.3) is 0 Å². The number of carboxylic acids is 1. The van der Waals surface area contributed by atoms with Gasteiger partial charge in [-0.1, -0.05) is 5.16 Å². The highest BCUT2D eigenvalue weighted by molar-refractivity contribution is 5.72. The molecule has 2 heterocycles. The first-order chi connectivity index (χ1) is 8.70. The van der Waals surface area contributed by atoms with Crippen molar-refractivity contribution in [2.24, 2.45) is 0 Å². The molecular weight excluding hydrogens is 240 g/mol. The smallest absolute Gasteiger partial charge is 0.332 e. The molecule has 0 radical (unpaired) electrons. The van der Waals surface area contributed by atoms with Crippen LogP contribution in [0.2, 0.25) is 0 Å². The molecule has 1 aliphatic heterocycles. The van der Waals surface area contributed by atoms with Crippen molar-refractivity contribution >= 4 is 5.97 Å². The molecule has 1 aromatic heterocycles. The summed E-state index contributed by atoms with van der Waals surface area (Å²) >= 11 is 0. The summed E-state index contributed by atoms with van der Waals surface area (Å²) in [4.78, 5) is 14.9. The van der Waals surface area contributed by atoms with Gasteiger partial charge in [0.25, 0.3) is 5.89 Å². The molecule has 7 heteroatoms. The van der Waals surface area contributed by atoms with Gasteiger partial charge in [-0.2, -0.15) is 4.98 Å². The summed E-state index contributed by atoms with van der Waals surface area (Å²) in [5.41, 5.74) is 0. The van der Waals surface area contributed by atoms with Crippen LogP contribution in [0.1, 0.15) is 37.6 Å². The molecule has 0 aromatic carbocycles. The third kappa shape index (κ3) is 3.05. The van der Waals surface area contributed by atoms with E-state index in [1.165, 1.54) is 0 Å². The molecule has 100 valence electrons. The van der Waals surface area contributed by atoms with E-state index in [2.05, 4.69) is 10.1 Å². The second-order valence-electron chi connectivity index (χ2n) is 4.02. The van der Waals surface area contributed by atoms with E-state index in [1.54, 1.807) is 0 Å². The lowest BCUT2D eigenvalue weighted by Gasteiger charge is -2.05. The summed E-state index contributed by atoms with van der Waals surface area (Å²) in [5, 5.41) is 12.6. The number of carbonyl (C=O) groups is 1. The molecule has 1 N–H and O–H groups in total. The van der Waals surface area contributed by atoms with Crippen molar-refractivity contribution in [1.82, 2.24) is 10.1 Å². The standard InChI is InChI=1S/C11H16N2O5/c1-2-16-6-5-9-12-10(18-13-9)7-3-4-8(17-7)11(14)15/h7-8H,2-6H2,1H3,(H,14,15). The van der Waals surface area contributed by atoms with E-state index in [0.29, 0.717) is 44.2 Å². The zero-order valence-electron chi connectivity index (χ0n) is 10.2. The van der Waals surface area contributed by atoms with E-state index in [9.17, 15) is 4.79 Å². The number of aromatic nitrogens is 2. The molecule has 0 bridgehead atoms. The summed E-state index contributed by atoms with van der Waals surface area (Å²) in [6.07, 6.45) is 0.459. The van der Waals surface area contributed by atoms with Crippen molar-refractivity contribution in [2.45, 2.75) is 38.4 Å². The van der Waals surface area contributed by atoms with Crippen LogP contribution in [0.15, 0.2) is 4.52 Å². The van der Waals surface area contributed by atoms with Crippen LogP contribution in [0.4, 0.5) is 0 Å². The van der Waals surface area contributed by atoms with Crippen LogP contribution in [0.5, 0.6) is 0 Å². The highest BCUT2D eigenvalue weighted by atomic mass is 16.6. The minimum Gasteiger partial charge on any atom is -0.479 e. The second-order valence-corrected chi connectivity index (χ2v) is 4.02. The van der Waals surface area contributed by atoms with Gasteiger partial charge in [-0.3, -0.25) is 0 Å². The first-order valence-electron chi connectivity index (χ1n) is 5.99. The van der Waals surface area contributed by atoms with Gasteiger partial charge in [0.15, 0.2) is 11.9 Å². The average Bonchev–Trinajstić information content (AvgIpc) is 2.97. The van der Waals surface area contributed by atoms with Crippen molar-refractivity contribution in [2.75, 3.05) is 13.2 Å². The minimum atomic E-state index is -0.950. The quantitative estimate of drug-likeness (QED) is 0.757. The Bertz CT molecular complexity index is 406. The molecule has 0 saturated carbocycles. The lowest BCUT2D eigenvalue weighted by Crippen LogP contribution is -2.18. The van der Waals surface area contributed by atoms with Crippen LogP contribution in [0, 0.1) is 0 Å². The molecule has 2 rings (SSSR count). The average molecular weight is 256 g/mol. The van der Waals surface area contributed by atoms with Crippen molar-refractivity contribution < 1.29 is 23.9 Å². The van der Waals surface area contributed by atoms with E-state index in [4.69, 9.17) is 19.1 Å². The van der Waals surface area contributed by atoms with Gasteiger partial charge in [0, 0.05) is 13.0 Å². The third-order valence-corrected chi connectivity index (χ3v) is 2.73. The molecule has 0 aliphatic carbocycles. The monoisotopic (exact) mass is 256 g/mol.